The molecule has 1 aliphatic heterocycles. The minimum Gasteiger partial charge on any atom is -0.497 e. The average Bonchev–Trinajstić information content (AvgIpc) is 3.26. The number of carbonyl (C=O) groups excluding carboxylic acids is 3. The lowest BCUT2D eigenvalue weighted by atomic mass is 9.87. The van der Waals surface area contributed by atoms with E-state index in [9.17, 15) is 14.4 Å². The van der Waals surface area contributed by atoms with E-state index >= 15 is 0 Å². The molecule has 0 saturated carbocycles. The van der Waals surface area contributed by atoms with Crippen LogP contribution in [0.5, 0.6) is 5.75 Å². The van der Waals surface area contributed by atoms with Gasteiger partial charge in [0, 0.05) is 36.1 Å². The number of aryl methyl sites for hydroxylation is 1. The maximum Gasteiger partial charge on any atom is 0.339 e. The Kier molecular flexibility index (Phi) is 6.18. The lowest BCUT2D eigenvalue weighted by molar-refractivity contribution is -0.129. The third kappa shape index (κ3) is 4.08. The molecule has 1 amide bonds. The number of aromatic nitrogens is 1. The Balaban J connectivity index is 1.57. The number of allylic oxidation sites excluding steroid dienone is 2. The molecule has 2 atom stereocenters. The summed E-state index contributed by atoms with van der Waals surface area (Å²) in [6, 6.07) is 6.88. The first-order chi connectivity index (χ1) is 15.9. The van der Waals surface area contributed by atoms with E-state index in [1.165, 1.54) is 19.4 Å². The van der Waals surface area contributed by atoms with Crippen molar-refractivity contribution in [2.45, 2.75) is 38.6 Å². The maximum absolute atomic E-state index is 13.4. The van der Waals surface area contributed by atoms with Crippen molar-refractivity contribution in [2.24, 2.45) is 0 Å². The molecule has 8 nitrogen and oxygen atoms in total. The summed E-state index contributed by atoms with van der Waals surface area (Å²) in [7, 11) is 2.92. The molecule has 172 valence electrons. The molecular weight excluding hydrogens is 422 g/mol. The summed E-state index contributed by atoms with van der Waals surface area (Å²) in [5.74, 6) is -0.295. The predicted octanol–water partition coefficient (Wildman–Crippen LogP) is 3.34. The fourth-order valence-corrected chi connectivity index (χ4v) is 4.50. The summed E-state index contributed by atoms with van der Waals surface area (Å²) >= 11 is 0. The van der Waals surface area contributed by atoms with Gasteiger partial charge in [0.15, 0.2) is 0 Å². The number of rotatable bonds is 6. The van der Waals surface area contributed by atoms with Gasteiger partial charge in [-0.1, -0.05) is 6.92 Å². The van der Waals surface area contributed by atoms with Gasteiger partial charge in [0.25, 0.3) is 0 Å². The topological polar surface area (TPSA) is 97.8 Å². The number of hydrogen-bond donors (Lipinski definition) is 1. The van der Waals surface area contributed by atoms with Crippen molar-refractivity contribution in [2.75, 3.05) is 26.1 Å². The summed E-state index contributed by atoms with van der Waals surface area (Å²) in [4.78, 5) is 43.9. The quantitative estimate of drug-likeness (QED) is 0.676. The van der Waals surface area contributed by atoms with E-state index in [0.717, 1.165) is 23.4 Å². The third-order valence-corrected chi connectivity index (χ3v) is 6.24. The van der Waals surface area contributed by atoms with Gasteiger partial charge in [0.1, 0.15) is 17.5 Å². The van der Waals surface area contributed by atoms with E-state index in [1.54, 1.807) is 18.1 Å². The van der Waals surface area contributed by atoms with Gasteiger partial charge in [-0.05, 0) is 55.2 Å². The fourth-order valence-electron chi connectivity index (χ4n) is 4.50. The Morgan fingerprint density at radius 1 is 1.27 bits per heavy atom. The lowest BCUT2D eigenvalue weighted by Gasteiger charge is -2.27. The molecule has 2 aliphatic rings. The van der Waals surface area contributed by atoms with E-state index in [4.69, 9.17) is 9.47 Å². The number of anilines is 1. The number of nitrogens with zero attached hydrogens (tertiary/aromatic N) is 2. The van der Waals surface area contributed by atoms with Crippen LogP contribution in [-0.2, 0) is 16.0 Å². The highest BCUT2D eigenvalue weighted by Crippen LogP contribution is 2.41. The Morgan fingerprint density at radius 3 is 2.76 bits per heavy atom. The second-order valence-corrected chi connectivity index (χ2v) is 8.16. The third-order valence-electron chi connectivity index (χ3n) is 6.24. The van der Waals surface area contributed by atoms with Crippen LogP contribution < -0.4 is 10.1 Å². The van der Waals surface area contributed by atoms with Crippen molar-refractivity contribution in [3.05, 3.63) is 64.6 Å². The summed E-state index contributed by atoms with van der Waals surface area (Å²) < 4.78 is 10.1. The molecule has 1 saturated heterocycles. The number of benzene rings is 1. The number of methoxy groups -OCH3 is 2. The minimum absolute atomic E-state index is 0.116. The molecule has 1 N–H and O–H groups in total. The number of ketones is 1. The largest absolute Gasteiger partial charge is 0.497 e. The van der Waals surface area contributed by atoms with E-state index < -0.39 is 12.0 Å². The van der Waals surface area contributed by atoms with Gasteiger partial charge in [-0.2, -0.15) is 0 Å². The maximum atomic E-state index is 13.4. The average molecular weight is 450 g/mol. The number of amides is 1. The Hall–Kier alpha value is -3.68. The molecule has 1 fully saturated rings. The fraction of sp³-hybridized carbons (Fsp3) is 0.360. The number of ether oxygens (including phenoxy) is 2. The molecule has 33 heavy (non-hydrogen) atoms. The van der Waals surface area contributed by atoms with Crippen molar-refractivity contribution in [1.82, 2.24) is 9.88 Å². The van der Waals surface area contributed by atoms with Crippen LogP contribution in [0, 0.1) is 0 Å². The van der Waals surface area contributed by atoms with E-state index in [-0.39, 0.29) is 23.2 Å². The molecule has 1 aliphatic carbocycles. The van der Waals surface area contributed by atoms with Crippen LogP contribution in [0.25, 0.3) is 0 Å². The van der Waals surface area contributed by atoms with Crippen molar-refractivity contribution in [3.63, 3.8) is 0 Å². The number of esters is 1. The van der Waals surface area contributed by atoms with Crippen LogP contribution in [-0.4, -0.2) is 54.3 Å². The van der Waals surface area contributed by atoms with Crippen LogP contribution in [0.3, 0.4) is 0 Å². The number of fused-ring (bicyclic) bond motifs is 3. The van der Waals surface area contributed by atoms with E-state index in [1.807, 2.05) is 32.0 Å². The lowest BCUT2D eigenvalue weighted by Crippen LogP contribution is -2.40. The molecule has 4 rings (SSSR count). The zero-order valence-corrected chi connectivity index (χ0v) is 19.2. The molecule has 0 spiro atoms. The minimum atomic E-state index is -0.510. The van der Waals surface area contributed by atoms with Gasteiger partial charge >= 0.3 is 5.97 Å². The molecular formula is C25H27N3O5. The van der Waals surface area contributed by atoms with Gasteiger partial charge in [-0.3, -0.25) is 14.6 Å². The predicted molar refractivity (Wildman–Crippen MR) is 123 cm³/mol. The first-order valence-corrected chi connectivity index (χ1v) is 11.0. The van der Waals surface area contributed by atoms with Crippen molar-refractivity contribution >= 4 is 23.3 Å². The SMILES string of the molecule is CCc1cc(OC)ccc1NC(C)C(=O)N1CCC2C1=CC(=O)c1ncc(C(=O)OC)cc12. The van der Waals surface area contributed by atoms with Crippen LogP contribution in [0.4, 0.5) is 5.69 Å². The summed E-state index contributed by atoms with van der Waals surface area (Å²) in [5.41, 5.74) is 3.86. The highest BCUT2D eigenvalue weighted by molar-refractivity contribution is 6.07. The van der Waals surface area contributed by atoms with Crippen LogP contribution in [0.2, 0.25) is 0 Å². The number of carbonyl (C=O) groups is 3. The Bertz CT molecular complexity index is 1160. The molecule has 1 aromatic carbocycles. The van der Waals surface area contributed by atoms with Crippen molar-refractivity contribution in [3.8, 4) is 5.75 Å². The number of likely N-dealkylation sites (tertiary alicyclic amines) is 1. The molecule has 2 unspecified atom stereocenters. The number of nitrogens with one attached hydrogen (secondary N) is 1. The second-order valence-electron chi connectivity index (χ2n) is 8.16. The van der Waals surface area contributed by atoms with Gasteiger partial charge < -0.3 is 19.7 Å². The van der Waals surface area contributed by atoms with Crippen LogP contribution in [0.1, 0.15) is 58.2 Å². The van der Waals surface area contributed by atoms with Gasteiger partial charge in [-0.25, -0.2) is 4.79 Å². The Labute approximate surface area is 192 Å². The smallest absolute Gasteiger partial charge is 0.339 e. The second kappa shape index (κ2) is 9.05. The van der Waals surface area contributed by atoms with E-state index in [0.29, 0.717) is 29.9 Å². The summed E-state index contributed by atoms with van der Waals surface area (Å²) in [5, 5.41) is 3.31. The molecule has 8 heteroatoms. The summed E-state index contributed by atoms with van der Waals surface area (Å²) in [6.07, 6.45) is 4.30. The Morgan fingerprint density at radius 2 is 2.06 bits per heavy atom. The first kappa shape index (κ1) is 22.5. The van der Waals surface area contributed by atoms with E-state index in [2.05, 4.69) is 10.3 Å². The highest BCUT2D eigenvalue weighted by atomic mass is 16.5. The van der Waals surface area contributed by atoms with Crippen molar-refractivity contribution < 1.29 is 23.9 Å². The first-order valence-electron chi connectivity index (χ1n) is 11.0. The summed E-state index contributed by atoms with van der Waals surface area (Å²) in [6.45, 7) is 4.35. The zero-order valence-electron chi connectivity index (χ0n) is 19.2. The number of pyridine rings is 1. The van der Waals surface area contributed by atoms with Gasteiger partial charge in [0.05, 0.1) is 19.8 Å². The van der Waals surface area contributed by atoms with Crippen LogP contribution in [0.15, 0.2) is 42.2 Å². The standard InChI is InChI=1S/C25H27N3O5/c1-5-15-10-17(32-3)6-7-20(15)27-14(2)24(30)28-9-8-18-19-11-16(25(31)33-4)13-26-23(19)22(29)12-21(18)28/h6-7,10-14,18,27H,5,8-9H2,1-4H3. The number of hydrogen-bond acceptors (Lipinski definition) is 7. The van der Waals surface area contributed by atoms with Gasteiger partial charge in [0.2, 0.25) is 11.7 Å². The molecule has 2 heterocycles. The molecule has 0 bridgehead atoms. The van der Waals surface area contributed by atoms with Gasteiger partial charge in [-0.15, -0.1) is 0 Å². The normalized spacial score (nSPS) is 17.6. The molecule has 2 aromatic rings. The van der Waals surface area contributed by atoms with Crippen molar-refractivity contribution in [1.29, 1.82) is 0 Å². The zero-order chi connectivity index (χ0) is 23.7. The monoisotopic (exact) mass is 449 g/mol. The highest BCUT2D eigenvalue weighted by Gasteiger charge is 2.40. The molecule has 0 radical (unpaired) electrons. The molecule has 1 aromatic heterocycles. The van der Waals surface area contributed by atoms with Crippen LogP contribution >= 0.6 is 0 Å².